The Hall–Kier alpha value is -1.55. The summed E-state index contributed by atoms with van der Waals surface area (Å²) in [4.78, 5) is 4.36. The fourth-order valence-electron chi connectivity index (χ4n) is 2.36. The lowest BCUT2D eigenvalue weighted by molar-refractivity contribution is 0.154. The van der Waals surface area contributed by atoms with Gasteiger partial charge in [-0.2, -0.15) is 0 Å². The topological polar surface area (TPSA) is 43.0 Å². The van der Waals surface area contributed by atoms with E-state index >= 15 is 0 Å². The second kappa shape index (κ2) is 4.61. The van der Waals surface area contributed by atoms with Gasteiger partial charge in [-0.15, -0.1) is 0 Å². The van der Waals surface area contributed by atoms with Crippen molar-refractivity contribution < 1.29 is 5.11 Å². The quantitative estimate of drug-likeness (QED) is 0.877. The normalized spacial score (nSPS) is 17.0. The number of aryl methyl sites for hydroxylation is 1. The van der Waals surface area contributed by atoms with Crippen molar-refractivity contribution >= 4 is 0 Å². The summed E-state index contributed by atoms with van der Waals surface area (Å²) < 4.78 is 4.23. The molecule has 1 aliphatic rings. The van der Waals surface area contributed by atoms with E-state index in [1.807, 2.05) is 30.9 Å². The van der Waals surface area contributed by atoms with Crippen molar-refractivity contribution in [3.05, 3.63) is 42.2 Å². The van der Waals surface area contributed by atoms with E-state index in [1.54, 1.807) is 0 Å². The van der Waals surface area contributed by atoms with Gasteiger partial charge in [0.2, 0.25) is 0 Å². The van der Waals surface area contributed by atoms with Crippen molar-refractivity contribution in [3.63, 3.8) is 0 Å². The van der Waals surface area contributed by atoms with Crippen LogP contribution in [0, 0.1) is 5.92 Å². The molecule has 0 saturated heterocycles. The summed E-state index contributed by atoms with van der Waals surface area (Å²) >= 11 is 0. The Balaban J connectivity index is 1.73. The van der Waals surface area contributed by atoms with Crippen LogP contribution < -0.4 is 0 Å². The third kappa shape index (κ3) is 2.20. The van der Waals surface area contributed by atoms with Gasteiger partial charge in [0.1, 0.15) is 5.82 Å². The second-order valence-corrected chi connectivity index (χ2v) is 5.03. The minimum absolute atomic E-state index is 0.280. The maximum absolute atomic E-state index is 10.1. The summed E-state index contributed by atoms with van der Waals surface area (Å²) in [6.07, 6.45) is 9.94. The summed E-state index contributed by atoms with van der Waals surface area (Å²) in [7, 11) is 0. The maximum Gasteiger partial charge on any atom is 0.128 e. The molecule has 0 aromatic carbocycles. The first-order chi connectivity index (χ1) is 8.78. The third-order valence-electron chi connectivity index (χ3n) is 3.65. The van der Waals surface area contributed by atoms with Crippen LogP contribution in [0.4, 0.5) is 0 Å². The first-order valence-corrected chi connectivity index (χ1v) is 6.61. The number of aliphatic hydroxyl groups excluding tert-OH is 1. The molecule has 4 nitrogen and oxygen atoms in total. The fourth-order valence-corrected chi connectivity index (χ4v) is 2.36. The van der Waals surface area contributed by atoms with E-state index in [9.17, 15) is 5.11 Å². The number of aliphatic hydroxyl groups is 1. The van der Waals surface area contributed by atoms with Gasteiger partial charge in [0.15, 0.2) is 0 Å². The molecule has 0 spiro atoms. The predicted octanol–water partition coefficient (Wildman–Crippen LogP) is 2.20. The molecular weight excluding hydrogens is 226 g/mol. The summed E-state index contributed by atoms with van der Waals surface area (Å²) in [5.74, 6) is 1.54. The average molecular weight is 245 g/mol. The zero-order chi connectivity index (χ0) is 12.5. The van der Waals surface area contributed by atoms with Crippen molar-refractivity contribution in [3.8, 4) is 0 Å². The van der Waals surface area contributed by atoms with Crippen molar-refractivity contribution in [1.82, 2.24) is 14.1 Å². The van der Waals surface area contributed by atoms with Gasteiger partial charge in [0, 0.05) is 31.3 Å². The summed E-state index contributed by atoms with van der Waals surface area (Å²) in [6, 6.07) is 2.02. The van der Waals surface area contributed by atoms with Crippen LogP contribution >= 0.6 is 0 Å². The molecule has 0 aliphatic heterocycles. The minimum Gasteiger partial charge on any atom is -0.388 e. The first-order valence-electron chi connectivity index (χ1n) is 6.61. The molecule has 4 heteroatoms. The molecule has 2 aromatic heterocycles. The Morgan fingerprint density at radius 3 is 3.00 bits per heavy atom. The number of imidazole rings is 1. The number of hydrogen-bond donors (Lipinski definition) is 1. The minimum atomic E-state index is -0.280. The summed E-state index contributed by atoms with van der Waals surface area (Å²) in [6.45, 7) is 3.81. The largest absolute Gasteiger partial charge is 0.388 e. The molecule has 2 heterocycles. The highest BCUT2D eigenvalue weighted by atomic mass is 16.3. The summed E-state index contributed by atoms with van der Waals surface area (Å²) in [5.41, 5.74) is 1.03. The molecule has 96 valence electrons. The van der Waals surface area contributed by atoms with Crippen LogP contribution in [0.3, 0.4) is 0 Å². The number of hydrogen-bond acceptors (Lipinski definition) is 2. The number of rotatable bonds is 5. The van der Waals surface area contributed by atoms with Crippen LogP contribution in [0.2, 0.25) is 0 Å². The molecule has 1 N–H and O–H groups in total. The Kier molecular flexibility index (Phi) is 2.96. The molecule has 18 heavy (non-hydrogen) atoms. The molecule has 0 bridgehead atoms. The van der Waals surface area contributed by atoms with Crippen LogP contribution in [0.15, 0.2) is 30.9 Å². The molecule has 0 amide bonds. The van der Waals surface area contributed by atoms with E-state index in [4.69, 9.17) is 0 Å². The van der Waals surface area contributed by atoms with Gasteiger partial charge in [0.05, 0.1) is 12.6 Å². The zero-order valence-corrected chi connectivity index (χ0v) is 10.7. The fraction of sp³-hybridized carbons (Fsp3) is 0.500. The van der Waals surface area contributed by atoms with E-state index in [0.29, 0.717) is 5.92 Å². The van der Waals surface area contributed by atoms with Gasteiger partial charge in [-0.25, -0.2) is 4.98 Å². The maximum atomic E-state index is 10.1. The van der Waals surface area contributed by atoms with Gasteiger partial charge >= 0.3 is 0 Å². The molecule has 1 atom stereocenters. The Morgan fingerprint density at radius 2 is 2.28 bits per heavy atom. The molecule has 0 radical (unpaired) electrons. The van der Waals surface area contributed by atoms with E-state index in [1.165, 1.54) is 0 Å². The highest BCUT2D eigenvalue weighted by Crippen LogP contribution is 2.40. The van der Waals surface area contributed by atoms with Crippen LogP contribution in [-0.4, -0.2) is 19.2 Å². The molecule has 1 saturated carbocycles. The van der Waals surface area contributed by atoms with Crippen molar-refractivity contribution in [1.29, 1.82) is 0 Å². The Labute approximate surface area is 107 Å². The van der Waals surface area contributed by atoms with Gasteiger partial charge in [-0.05, 0) is 37.3 Å². The van der Waals surface area contributed by atoms with Gasteiger partial charge < -0.3 is 14.2 Å². The third-order valence-corrected chi connectivity index (χ3v) is 3.65. The first kappa shape index (κ1) is 11.5. The van der Waals surface area contributed by atoms with E-state index in [2.05, 4.69) is 21.0 Å². The SMILES string of the molecule is CCn1ccnc1Cn1ccc(C(O)C2CC2)c1. The lowest BCUT2D eigenvalue weighted by atomic mass is 10.1. The summed E-state index contributed by atoms with van der Waals surface area (Å²) in [5, 5.41) is 10.1. The van der Waals surface area contributed by atoms with Crippen molar-refractivity contribution in [2.75, 3.05) is 0 Å². The monoisotopic (exact) mass is 245 g/mol. The Morgan fingerprint density at radius 1 is 1.44 bits per heavy atom. The van der Waals surface area contributed by atoms with Crippen molar-refractivity contribution in [2.45, 2.75) is 39.0 Å². The van der Waals surface area contributed by atoms with E-state index < -0.39 is 0 Å². The lowest BCUT2D eigenvalue weighted by Gasteiger charge is -2.07. The number of nitrogens with zero attached hydrogens (tertiary/aromatic N) is 3. The number of aromatic nitrogens is 3. The molecule has 1 unspecified atom stereocenters. The van der Waals surface area contributed by atoms with Crippen LogP contribution in [0.5, 0.6) is 0 Å². The van der Waals surface area contributed by atoms with Crippen LogP contribution in [0.25, 0.3) is 0 Å². The van der Waals surface area contributed by atoms with Crippen LogP contribution in [-0.2, 0) is 13.1 Å². The van der Waals surface area contributed by atoms with E-state index in [-0.39, 0.29) is 6.10 Å². The van der Waals surface area contributed by atoms with Gasteiger partial charge in [-0.1, -0.05) is 0 Å². The zero-order valence-electron chi connectivity index (χ0n) is 10.7. The standard InChI is InChI=1S/C14H19N3O/c1-2-17-8-6-15-13(17)10-16-7-5-12(9-16)14(18)11-3-4-11/h5-9,11,14,18H,2-4,10H2,1H3. The average Bonchev–Trinajstić information content (AvgIpc) is 2.96. The van der Waals surface area contributed by atoms with Gasteiger partial charge in [-0.3, -0.25) is 0 Å². The molecular formula is C14H19N3O. The molecule has 1 aliphatic carbocycles. The highest BCUT2D eigenvalue weighted by molar-refractivity contribution is 5.16. The second-order valence-electron chi connectivity index (χ2n) is 5.03. The van der Waals surface area contributed by atoms with Gasteiger partial charge in [0.25, 0.3) is 0 Å². The smallest absolute Gasteiger partial charge is 0.128 e. The van der Waals surface area contributed by atoms with E-state index in [0.717, 1.165) is 37.3 Å². The molecule has 1 fully saturated rings. The van der Waals surface area contributed by atoms with Crippen LogP contribution in [0.1, 0.15) is 37.3 Å². The van der Waals surface area contributed by atoms with Crippen molar-refractivity contribution in [2.24, 2.45) is 5.92 Å². The Bertz CT molecular complexity index is 525. The predicted molar refractivity (Wildman–Crippen MR) is 69.1 cm³/mol. The lowest BCUT2D eigenvalue weighted by Crippen LogP contribution is -2.06. The molecule has 3 rings (SSSR count). The highest BCUT2D eigenvalue weighted by Gasteiger charge is 2.31. The molecule has 2 aromatic rings.